The highest BCUT2D eigenvalue weighted by atomic mass is 35.5. The summed E-state index contributed by atoms with van der Waals surface area (Å²) >= 11 is 13.3. The molecule has 0 heterocycles. The Morgan fingerprint density at radius 3 is 2.39 bits per heavy atom. The van der Waals surface area contributed by atoms with Crippen molar-refractivity contribution in [2.75, 3.05) is 17.7 Å². The number of nitrogens with zero attached hydrogens (tertiary/aromatic N) is 1. The van der Waals surface area contributed by atoms with Gasteiger partial charge in [-0.3, -0.25) is 9.59 Å². The van der Waals surface area contributed by atoms with Crippen LogP contribution in [0.2, 0.25) is 10.0 Å². The molecule has 0 radical (unpaired) electrons. The van der Waals surface area contributed by atoms with Crippen LogP contribution in [0.25, 0.3) is 0 Å². The molecule has 2 N–H and O–H groups in total. The molecular formula is C24H21Cl2N3O3S. The quantitative estimate of drug-likeness (QED) is 0.288. The van der Waals surface area contributed by atoms with Crippen LogP contribution in [-0.2, 0) is 15.3 Å². The lowest BCUT2D eigenvalue weighted by atomic mass is 10.2. The SMILES string of the molecule is O=C(CSCc1cccc(Cl)c1)NN=Cc1ccc(OCC(=O)Nc2cccc(Cl)c2)cc1. The normalized spacial score (nSPS) is 10.7. The Balaban J connectivity index is 1.36. The molecule has 2 amide bonds. The van der Waals surface area contributed by atoms with E-state index in [1.807, 2.05) is 24.3 Å². The van der Waals surface area contributed by atoms with Crippen molar-refractivity contribution in [3.8, 4) is 5.75 Å². The molecule has 33 heavy (non-hydrogen) atoms. The van der Waals surface area contributed by atoms with Gasteiger partial charge in [0.1, 0.15) is 5.75 Å². The molecule has 0 aliphatic rings. The molecule has 3 aromatic rings. The monoisotopic (exact) mass is 501 g/mol. The number of rotatable bonds is 10. The van der Waals surface area contributed by atoms with Crippen molar-refractivity contribution in [2.45, 2.75) is 5.75 Å². The third-order valence-corrected chi connectivity index (χ3v) is 5.63. The summed E-state index contributed by atoms with van der Waals surface area (Å²) in [7, 11) is 0. The first-order valence-corrected chi connectivity index (χ1v) is 11.8. The zero-order chi connectivity index (χ0) is 23.5. The van der Waals surface area contributed by atoms with Gasteiger partial charge >= 0.3 is 0 Å². The van der Waals surface area contributed by atoms with Crippen molar-refractivity contribution >= 4 is 58.7 Å². The lowest BCUT2D eigenvalue weighted by molar-refractivity contribution is -0.119. The molecule has 0 aliphatic heterocycles. The fraction of sp³-hybridized carbons (Fsp3) is 0.125. The second kappa shape index (κ2) is 12.9. The van der Waals surface area contributed by atoms with Gasteiger partial charge in [0.2, 0.25) is 5.91 Å². The number of hydrazone groups is 1. The number of benzene rings is 3. The Hall–Kier alpha value is -3.00. The van der Waals surface area contributed by atoms with Crippen molar-refractivity contribution < 1.29 is 14.3 Å². The maximum Gasteiger partial charge on any atom is 0.262 e. The molecule has 0 fully saturated rings. The van der Waals surface area contributed by atoms with E-state index in [2.05, 4.69) is 15.8 Å². The van der Waals surface area contributed by atoms with Crippen LogP contribution in [0.1, 0.15) is 11.1 Å². The summed E-state index contributed by atoms with van der Waals surface area (Å²) in [5.74, 6) is 1.03. The number of hydrogen-bond acceptors (Lipinski definition) is 5. The van der Waals surface area contributed by atoms with Gasteiger partial charge in [-0.25, -0.2) is 5.43 Å². The van der Waals surface area contributed by atoms with Gasteiger partial charge in [0.15, 0.2) is 6.61 Å². The van der Waals surface area contributed by atoms with E-state index in [-0.39, 0.29) is 24.2 Å². The standard InChI is InChI=1S/C24H21Cl2N3O3S/c25-19-4-1-3-18(11-19)15-33-16-24(31)29-27-13-17-7-9-22(10-8-17)32-14-23(30)28-21-6-2-5-20(26)12-21/h1-13H,14-16H2,(H,28,30)(H,29,31). The van der Waals surface area contributed by atoms with Crippen molar-refractivity contribution in [2.24, 2.45) is 5.10 Å². The minimum Gasteiger partial charge on any atom is -0.484 e. The van der Waals surface area contributed by atoms with Gasteiger partial charge in [0.25, 0.3) is 5.91 Å². The molecule has 6 nitrogen and oxygen atoms in total. The average Bonchev–Trinajstić information content (AvgIpc) is 2.79. The van der Waals surface area contributed by atoms with Crippen molar-refractivity contribution in [1.29, 1.82) is 0 Å². The molecule has 3 aromatic carbocycles. The Morgan fingerprint density at radius 2 is 1.67 bits per heavy atom. The Bertz CT molecular complexity index is 1120. The highest BCUT2D eigenvalue weighted by Crippen LogP contribution is 2.17. The number of hydrogen-bond donors (Lipinski definition) is 2. The van der Waals surface area contributed by atoms with Crippen LogP contribution in [0.3, 0.4) is 0 Å². The van der Waals surface area contributed by atoms with E-state index in [9.17, 15) is 9.59 Å². The van der Waals surface area contributed by atoms with Crippen molar-refractivity contribution in [1.82, 2.24) is 5.43 Å². The highest BCUT2D eigenvalue weighted by molar-refractivity contribution is 7.99. The van der Waals surface area contributed by atoms with Crippen molar-refractivity contribution in [3.63, 3.8) is 0 Å². The van der Waals surface area contributed by atoms with Gasteiger partial charge in [-0.2, -0.15) is 5.10 Å². The van der Waals surface area contributed by atoms with Crippen LogP contribution in [0.5, 0.6) is 5.75 Å². The number of nitrogens with one attached hydrogen (secondary N) is 2. The number of carbonyl (C=O) groups excluding carboxylic acids is 2. The number of halogens is 2. The van der Waals surface area contributed by atoms with E-state index in [0.717, 1.165) is 11.1 Å². The topological polar surface area (TPSA) is 79.8 Å². The van der Waals surface area contributed by atoms with E-state index in [4.69, 9.17) is 27.9 Å². The molecule has 0 unspecified atom stereocenters. The van der Waals surface area contributed by atoms with E-state index < -0.39 is 0 Å². The molecule has 170 valence electrons. The summed E-state index contributed by atoms with van der Waals surface area (Å²) in [6, 6.07) is 21.4. The van der Waals surface area contributed by atoms with E-state index in [1.165, 1.54) is 18.0 Å². The lowest BCUT2D eigenvalue weighted by Gasteiger charge is -2.08. The van der Waals surface area contributed by atoms with Gasteiger partial charge in [0.05, 0.1) is 12.0 Å². The summed E-state index contributed by atoms with van der Waals surface area (Å²) < 4.78 is 5.49. The lowest BCUT2D eigenvalue weighted by Crippen LogP contribution is -2.20. The summed E-state index contributed by atoms with van der Waals surface area (Å²) in [4.78, 5) is 23.9. The van der Waals surface area contributed by atoms with Crippen LogP contribution in [0.15, 0.2) is 77.9 Å². The molecule has 0 aliphatic carbocycles. The smallest absolute Gasteiger partial charge is 0.262 e. The molecule has 0 spiro atoms. The molecule has 0 bridgehead atoms. The first kappa shape index (κ1) is 24.6. The van der Waals surface area contributed by atoms with Gasteiger partial charge in [-0.15, -0.1) is 11.8 Å². The first-order valence-electron chi connectivity index (χ1n) is 9.90. The number of carbonyl (C=O) groups is 2. The van der Waals surface area contributed by atoms with E-state index in [1.54, 1.807) is 48.5 Å². The molecule has 0 aromatic heterocycles. The number of amides is 2. The number of anilines is 1. The first-order chi connectivity index (χ1) is 16.0. The van der Waals surface area contributed by atoms with Gasteiger partial charge in [-0.1, -0.05) is 41.4 Å². The second-order valence-electron chi connectivity index (χ2n) is 6.83. The number of thioether (sulfide) groups is 1. The predicted octanol–water partition coefficient (Wildman–Crippen LogP) is 5.39. The summed E-state index contributed by atoms with van der Waals surface area (Å²) in [5, 5.41) is 7.90. The largest absolute Gasteiger partial charge is 0.484 e. The third kappa shape index (κ3) is 9.18. The molecule has 0 atom stereocenters. The maximum atomic E-state index is 12.0. The van der Waals surface area contributed by atoms with Gasteiger partial charge in [0, 0.05) is 21.5 Å². The second-order valence-corrected chi connectivity index (χ2v) is 8.69. The van der Waals surface area contributed by atoms with E-state index >= 15 is 0 Å². The molecule has 0 saturated carbocycles. The van der Waals surface area contributed by atoms with Gasteiger partial charge < -0.3 is 10.1 Å². The van der Waals surface area contributed by atoms with E-state index in [0.29, 0.717) is 27.2 Å². The predicted molar refractivity (Wildman–Crippen MR) is 135 cm³/mol. The minimum absolute atomic E-state index is 0.136. The summed E-state index contributed by atoms with van der Waals surface area (Å²) in [6.07, 6.45) is 1.54. The summed E-state index contributed by atoms with van der Waals surface area (Å²) in [6.45, 7) is -0.136. The fourth-order valence-corrected chi connectivity index (χ4v) is 3.83. The Morgan fingerprint density at radius 1 is 0.939 bits per heavy atom. The zero-order valence-corrected chi connectivity index (χ0v) is 19.8. The molecule has 0 saturated heterocycles. The fourth-order valence-electron chi connectivity index (χ4n) is 2.66. The third-order valence-electron chi connectivity index (χ3n) is 4.15. The Labute approximate surface area is 206 Å². The molecule has 3 rings (SSSR count). The molecular weight excluding hydrogens is 481 g/mol. The Kier molecular flexibility index (Phi) is 9.62. The highest BCUT2D eigenvalue weighted by Gasteiger charge is 2.05. The maximum absolute atomic E-state index is 12.0. The van der Waals surface area contributed by atoms with Crippen LogP contribution >= 0.6 is 35.0 Å². The number of ether oxygens (including phenoxy) is 1. The van der Waals surface area contributed by atoms with Crippen LogP contribution < -0.4 is 15.5 Å². The van der Waals surface area contributed by atoms with Crippen LogP contribution in [0, 0.1) is 0 Å². The average molecular weight is 502 g/mol. The minimum atomic E-state index is -0.293. The molecule has 9 heteroatoms. The van der Waals surface area contributed by atoms with Crippen LogP contribution in [0.4, 0.5) is 5.69 Å². The van der Waals surface area contributed by atoms with Crippen molar-refractivity contribution in [3.05, 3.63) is 94.0 Å². The summed E-state index contributed by atoms with van der Waals surface area (Å²) in [5.41, 5.74) is 4.94. The zero-order valence-electron chi connectivity index (χ0n) is 17.5. The van der Waals surface area contributed by atoms with Crippen LogP contribution in [-0.4, -0.2) is 30.4 Å². The van der Waals surface area contributed by atoms with Gasteiger partial charge in [-0.05, 0) is 65.7 Å².